The molecule has 0 amide bonds. The number of carboxylic acid groups (broad SMARTS) is 1. The third kappa shape index (κ3) is 4.81. The summed E-state index contributed by atoms with van der Waals surface area (Å²) in [5.74, 6) is -0.736. The number of aliphatic carboxylic acids is 1. The topological polar surface area (TPSA) is 63.6 Å². The van der Waals surface area contributed by atoms with Crippen LogP contribution in [0.1, 0.15) is 35.3 Å². The smallest absolute Gasteiger partial charge is 0.344 e. The molecule has 0 aliphatic heterocycles. The van der Waals surface area contributed by atoms with Crippen LogP contribution in [0.3, 0.4) is 0 Å². The monoisotopic (exact) mass is 324 g/mol. The van der Waals surface area contributed by atoms with E-state index in [1.807, 2.05) is 24.3 Å². The van der Waals surface area contributed by atoms with E-state index in [4.69, 9.17) is 9.84 Å². The highest BCUT2D eigenvalue weighted by Gasteiger charge is 2.12. The van der Waals surface area contributed by atoms with E-state index in [9.17, 15) is 9.59 Å². The van der Waals surface area contributed by atoms with Crippen molar-refractivity contribution in [2.24, 2.45) is 0 Å². The van der Waals surface area contributed by atoms with Gasteiger partial charge in [0, 0.05) is 5.56 Å². The Morgan fingerprint density at radius 2 is 1.71 bits per heavy atom. The van der Waals surface area contributed by atoms with Gasteiger partial charge in [0.2, 0.25) is 0 Å². The number of allylic oxidation sites excluding steroid dienone is 1. The molecule has 0 saturated carbocycles. The van der Waals surface area contributed by atoms with Gasteiger partial charge in [-0.05, 0) is 54.8 Å². The van der Waals surface area contributed by atoms with Crippen molar-refractivity contribution in [1.82, 2.24) is 0 Å². The maximum atomic E-state index is 12.2. The van der Waals surface area contributed by atoms with Crippen LogP contribution >= 0.6 is 0 Å². The lowest BCUT2D eigenvalue weighted by molar-refractivity contribution is -0.144. The van der Waals surface area contributed by atoms with E-state index in [1.165, 1.54) is 18.6 Å². The van der Waals surface area contributed by atoms with Gasteiger partial charge in [0.15, 0.2) is 11.9 Å². The molecule has 2 aromatic carbocycles. The number of ether oxygens (including phenoxy) is 1. The molecule has 4 nitrogen and oxygen atoms in total. The van der Waals surface area contributed by atoms with Gasteiger partial charge in [-0.1, -0.05) is 37.3 Å². The second-order valence-electron chi connectivity index (χ2n) is 5.42. The molecule has 0 spiro atoms. The molecule has 0 aromatic heterocycles. The Labute approximate surface area is 141 Å². The Morgan fingerprint density at radius 1 is 1.08 bits per heavy atom. The fourth-order valence-electron chi connectivity index (χ4n) is 2.08. The van der Waals surface area contributed by atoms with Crippen molar-refractivity contribution in [3.63, 3.8) is 0 Å². The first-order valence-corrected chi connectivity index (χ1v) is 7.80. The summed E-state index contributed by atoms with van der Waals surface area (Å²) >= 11 is 0. The summed E-state index contributed by atoms with van der Waals surface area (Å²) in [4.78, 5) is 22.9. The first-order chi connectivity index (χ1) is 11.5. The summed E-state index contributed by atoms with van der Waals surface area (Å²) in [5, 5.41) is 8.81. The van der Waals surface area contributed by atoms with Crippen LogP contribution < -0.4 is 4.74 Å². The number of carbonyl (C=O) groups excluding carboxylic acids is 1. The Bertz CT molecular complexity index is 727. The molecule has 24 heavy (non-hydrogen) atoms. The molecule has 0 saturated heterocycles. The fourth-order valence-corrected chi connectivity index (χ4v) is 2.08. The Balaban J connectivity index is 2.01. The predicted octanol–water partition coefficient (Wildman–Crippen LogP) is 4.00. The highest BCUT2D eigenvalue weighted by molar-refractivity contribution is 6.06. The molecule has 2 aromatic rings. The zero-order valence-corrected chi connectivity index (χ0v) is 13.7. The fraction of sp³-hybridized carbons (Fsp3) is 0.200. The van der Waals surface area contributed by atoms with Gasteiger partial charge in [-0.25, -0.2) is 4.79 Å². The molecule has 0 heterocycles. The first kappa shape index (κ1) is 17.5. The number of carboxylic acids is 1. The molecule has 0 fully saturated rings. The molecular weight excluding hydrogens is 304 g/mol. The van der Waals surface area contributed by atoms with Crippen LogP contribution in [-0.4, -0.2) is 23.0 Å². The molecule has 0 bridgehead atoms. The average molecular weight is 324 g/mol. The SMILES string of the molecule is CCc1ccc(C=CC(=O)c2ccc(OC(C)C(=O)O)cc2)cc1. The highest BCUT2D eigenvalue weighted by Crippen LogP contribution is 2.15. The minimum Gasteiger partial charge on any atom is -0.479 e. The van der Waals surface area contributed by atoms with Gasteiger partial charge in [0.25, 0.3) is 0 Å². The average Bonchev–Trinajstić information content (AvgIpc) is 2.60. The number of ketones is 1. The maximum Gasteiger partial charge on any atom is 0.344 e. The highest BCUT2D eigenvalue weighted by atomic mass is 16.5. The van der Waals surface area contributed by atoms with Gasteiger partial charge >= 0.3 is 5.97 Å². The summed E-state index contributed by atoms with van der Waals surface area (Å²) in [6, 6.07) is 14.5. The summed E-state index contributed by atoms with van der Waals surface area (Å²) in [6.07, 6.45) is 3.35. The van der Waals surface area contributed by atoms with Crippen LogP contribution in [0.15, 0.2) is 54.6 Å². The van der Waals surface area contributed by atoms with E-state index in [0.717, 1.165) is 12.0 Å². The van der Waals surface area contributed by atoms with E-state index >= 15 is 0 Å². The summed E-state index contributed by atoms with van der Waals surface area (Å²) in [7, 11) is 0. The van der Waals surface area contributed by atoms with Gasteiger partial charge < -0.3 is 9.84 Å². The standard InChI is InChI=1S/C20H20O4/c1-3-15-4-6-16(7-5-15)8-13-19(21)17-9-11-18(12-10-17)24-14(2)20(22)23/h4-14H,3H2,1-2H3,(H,22,23). The van der Waals surface area contributed by atoms with Crippen molar-refractivity contribution in [2.75, 3.05) is 0 Å². The molecular formula is C20H20O4. The minimum atomic E-state index is -1.04. The Hall–Kier alpha value is -2.88. The second kappa shape index (κ2) is 8.11. The first-order valence-electron chi connectivity index (χ1n) is 7.80. The minimum absolute atomic E-state index is 0.118. The lowest BCUT2D eigenvalue weighted by atomic mass is 10.1. The zero-order valence-electron chi connectivity index (χ0n) is 13.7. The van der Waals surface area contributed by atoms with Crippen LogP contribution in [0.2, 0.25) is 0 Å². The predicted molar refractivity (Wildman–Crippen MR) is 93.4 cm³/mol. The second-order valence-corrected chi connectivity index (χ2v) is 5.42. The van der Waals surface area contributed by atoms with Gasteiger partial charge in [0.05, 0.1) is 0 Å². The lowest BCUT2D eigenvalue weighted by Gasteiger charge is -2.10. The van der Waals surface area contributed by atoms with Gasteiger partial charge in [0.1, 0.15) is 5.75 Å². The van der Waals surface area contributed by atoms with E-state index in [-0.39, 0.29) is 5.78 Å². The molecule has 1 unspecified atom stereocenters. The third-order valence-electron chi connectivity index (χ3n) is 3.61. The molecule has 4 heteroatoms. The Morgan fingerprint density at radius 3 is 2.25 bits per heavy atom. The number of benzene rings is 2. The number of hydrogen-bond acceptors (Lipinski definition) is 3. The lowest BCUT2D eigenvalue weighted by Crippen LogP contribution is -2.22. The normalized spacial score (nSPS) is 12.1. The summed E-state index contributed by atoms with van der Waals surface area (Å²) < 4.78 is 5.23. The molecule has 0 radical (unpaired) electrons. The van der Waals surface area contributed by atoms with Crippen LogP contribution in [0, 0.1) is 0 Å². The quantitative estimate of drug-likeness (QED) is 0.618. The van der Waals surface area contributed by atoms with Gasteiger partial charge in [-0.2, -0.15) is 0 Å². The van der Waals surface area contributed by atoms with Crippen molar-refractivity contribution >= 4 is 17.8 Å². The van der Waals surface area contributed by atoms with Crippen molar-refractivity contribution in [2.45, 2.75) is 26.4 Å². The van der Waals surface area contributed by atoms with E-state index in [0.29, 0.717) is 11.3 Å². The number of aryl methyl sites for hydroxylation is 1. The molecule has 0 aliphatic carbocycles. The van der Waals surface area contributed by atoms with E-state index < -0.39 is 12.1 Å². The van der Waals surface area contributed by atoms with Crippen LogP contribution in [0.25, 0.3) is 6.08 Å². The maximum absolute atomic E-state index is 12.2. The number of hydrogen-bond donors (Lipinski definition) is 1. The summed E-state index contributed by atoms with van der Waals surface area (Å²) in [5.41, 5.74) is 2.74. The van der Waals surface area contributed by atoms with E-state index in [1.54, 1.807) is 30.3 Å². The van der Waals surface area contributed by atoms with Crippen LogP contribution in [-0.2, 0) is 11.2 Å². The van der Waals surface area contributed by atoms with Crippen molar-refractivity contribution in [3.8, 4) is 5.75 Å². The van der Waals surface area contributed by atoms with Crippen molar-refractivity contribution < 1.29 is 19.4 Å². The van der Waals surface area contributed by atoms with Gasteiger partial charge in [-0.15, -0.1) is 0 Å². The summed E-state index contributed by atoms with van der Waals surface area (Å²) in [6.45, 7) is 3.55. The molecule has 0 aliphatic rings. The van der Waals surface area contributed by atoms with Crippen molar-refractivity contribution in [1.29, 1.82) is 0 Å². The third-order valence-corrected chi connectivity index (χ3v) is 3.61. The molecule has 1 atom stereocenters. The van der Waals surface area contributed by atoms with E-state index in [2.05, 4.69) is 6.92 Å². The zero-order chi connectivity index (χ0) is 17.5. The van der Waals surface area contributed by atoms with Crippen LogP contribution in [0.5, 0.6) is 5.75 Å². The Kier molecular flexibility index (Phi) is 5.90. The van der Waals surface area contributed by atoms with Crippen molar-refractivity contribution in [3.05, 3.63) is 71.3 Å². The van der Waals surface area contributed by atoms with Crippen LogP contribution in [0.4, 0.5) is 0 Å². The molecule has 2 rings (SSSR count). The molecule has 1 N–H and O–H groups in total. The largest absolute Gasteiger partial charge is 0.479 e. The van der Waals surface area contributed by atoms with Gasteiger partial charge in [-0.3, -0.25) is 4.79 Å². The number of carbonyl (C=O) groups is 2. The number of rotatable bonds is 7. The molecule has 124 valence electrons.